The second-order valence-electron chi connectivity index (χ2n) is 4.55. The standard InChI is InChI=1S/C11H15F3/c12-11(13,14)5-1-2-9-6-8-3-4-10(9)7-8/h3-4,8-10H,1-2,5-7H2. The van der Waals surface area contributed by atoms with Crippen molar-refractivity contribution < 1.29 is 13.2 Å². The second-order valence-corrected chi connectivity index (χ2v) is 4.55. The number of fused-ring (bicyclic) bond motifs is 2. The molecule has 0 aromatic rings. The number of rotatable bonds is 3. The van der Waals surface area contributed by atoms with Crippen LogP contribution in [-0.4, -0.2) is 6.18 Å². The van der Waals surface area contributed by atoms with E-state index >= 15 is 0 Å². The molecule has 2 aliphatic carbocycles. The van der Waals surface area contributed by atoms with Crippen molar-refractivity contribution in [3.63, 3.8) is 0 Å². The van der Waals surface area contributed by atoms with Crippen molar-refractivity contribution in [3.05, 3.63) is 12.2 Å². The van der Waals surface area contributed by atoms with Crippen LogP contribution in [0.25, 0.3) is 0 Å². The van der Waals surface area contributed by atoms with Crippen LogP contribution in [0.2, 0.25) is 0 Å². The molecule has 1 saturated carbocycles. The van der Waals surface area contributed by atoms with E-state index < -0.39 is 12.6 Å². The second kappa shape index (κ2) is 3.59. The molecule has 2 aliphatic rings. The molecule has 0 aromatic carbocycles. The van der Waals surface area contributed by atoms with Crippen LogP contribution >= 0.6 is 0 Å². The first-order valence-corrected chi connectivity index (χ1v) is 5.30. The van der Waals surface area contributed by atoms with Gasteiger partial charge in [-0.25, -0.2) is 0 Å². The van der Waals surface area contributed by atoms with Gasteiger partial charge in [0.15, 0.2) is 0 Å². The Bertz CT molecular complexity index is 229. The fraction of sp³-hybridized carbons (Fsp3) is 0.818. The molecule has 0 spiro atoms. The minimum absolute atomic E-state index is 0.311. The molecule has 0 aromatic heterocycles. The molecule has 3 atom stereocenters. The zero-order chi connectivity index (χ0) is 10.2. The summed E-state index contributed by atoms with van der Waals surface area (Å²) in [6.07, 6.45) is 3.24. The highest BCUT2D eigenvalue weighted by Crippen LogP contribution is 2.45. The smallest absolute Gasteiger partial charge is 0.171 e. The molecule has 3 unspecified atom stereocenters. The molecule has 3 heteroatoms. The SMILES string of the molecule is FC(F)(F)CCCC1CC2C=CC1C2. The lowest BCUT2D eigenvalue weighted by Gasteiger charge is -2.17. The van der Waals surface area contributed by atoms with Crippen LogP contribution in [0.5, 0.6) is 0 Å². The van der Waals surface area contributed by atoms with Crippen LogP contribution in [-0.2, 0) is 0 Å². The van der Waals surface area contributed by atoms with E-state index in [1.807, 2.05) is 0 Å². The lowest BCUT2D eigenvalue weighted by molar-refractivity contribution is -0.136. The molecule has 14 heavy (non-hydrogen) atoms. The summed E-state index contributed by atoms with van der Waals surface area (Å²) in [6, 6.07) is 0. The Kier molecular flexibility index (Phi) is 2.58. The van der Waals surface area contributed by atoms with Crippen molar-refractivity contribution in [1.82, 2.24) is 0 Å². The minimum Gasteiger partial charge on any atom is -0.171 e. The van der Waals surface area contributed by atoms with Crippen molar-refractivity contribution in [2.24, 2.45) is 17.8 Å². The van der Waals surface area contributed by atoms with Crippen LogP contribution in [0.15, 0.2) is 12.2 Å². The third-order valence-electron chi connectivity index (χ3n) is 3.45. The van der Waals surface area contributed by atoms with Gasteiger partial charge in [-0.2, -0.15) is 13.2 Å². The maximum absolute atomic E-state index is 11.9. The summed E-state index contributed by atoms with van der Waals surface area (Å²) in [5.74, 6) is 1.80. The first-order valence-electron chi connectivity index (χ1n) is 5.30. The largest absolute Gasteiger partial charge is 0.389 e. The third kappa shape index (κ3) is 2.31. The average molecular weight is 204 g/mol. The molecule has 0 nitrogen and oxygen atoms in total. The van der Waals surface area contributed by atoms with E-state index in [0.717, 1.165) is 12.8 Å². The Labute approximate surface area is 82.2 Å². The summed E-state index contributed by atoms with van der Waals surface area (Å²) in [6.45, 7) is 0. The van der Waals surface area contributed by atoms with Gasteiger partial charge in [-0.1, -0.05) is 12.2 Å². The van der Waals surface area contributed by atoms with E-state index in [0.29, 0.717) is 24.2 Å². The van der Waals surface area contributed by atoms with Crippen LogP contribution in [0.4, 0.5) is 13.2 Å². The first-order chi connectivity index (χ1) is 6.54. The Morgan fingerprint density at radius 2 is 1.93 bits per heavy atom. The fourth-order valence-corrected chi connectivity index (χ4v) is 2.79. The van der Waals surface area contributed by atoms with E-state index in [1.165, 1.54) is 6.42 Å². The van der Waals surface area contributed by atoms with E-state index in [-0.39, 0.29) is 0 Å². The summed E-state index contributed by atoms with van der Waals surface area (Å²) >= 11 is 0. The van der Waals surface area contributed by atoms with E-state index in [2.05, 4.69) is 12.2 Å². The van der Waals surface area contributed by atoms with Crippen molar-refractivity contribution >= 4 is 0 Å². The predicted molar refractivity (Wildman–Crippen MR) is 48.8 cm³/mol. The summed E-state index contributed by atoms with van der Waals surface area (Å²) in [7, 11) is 0. The number of allylic oxidation sites excluding steroid dienone is 2. The van der Waals surface area contributed by atoms with Crippen LogP contribution in [0.3, 0.4) is 0 Å². The summed E-state index contributed by atoms with van der Waals surface area (Å²) < 4.78 is 35.7. The molecule has 0 amide bonds. The number of halogens is 3. The quantitative estimate of drug-likeness (QED) is 0.611. The van der Waals surface area contributed by atoms with Crippen molar-refractivity contribution in [3.8, 4) is 0 Å². The van der Waals surface area contributed by atoms with Gasteiger partial charge in [0.25, 0.3) is 0 Å². The molecule has 2 bridgehead atoms. The summed E-state index contributed by atoms with van der Waals surface area (Å²) in [5.41, 5.74) is 0. The highest BCUT2D eigenvalue weighted by Gasteiger charge is 2.36. The van der Waals surface area contributed by atoms with Crippen molar-refractivity contribution in [2.75, 3.05) is 0 Å². The maximum atomic E-state index is 11.9. The van der Waals surface area contributed by atoms with Crippen LogP contribution < -0.4 is 0 Å². The van der Waals surface area contributed by atoms with Crippen molar-refractivity contribution in [2.45, 2.75) is 38.3 Å². The molecule has 2 rings (SSSR count). The Morgan fingerprint density at radius 1 is 1.14 bits per heavy atom. The van der Waals surface area contributed by atoms with Crippen LogP contribution in [0.1, 0.15) is 32.1 Å². The van der Waals surface area contributed by atoms with Gasteiger partial charge in [-0.05, 0) is 43.4 Å². The Hall–Kier alpha value is -0.470. The summed E-state index contributed by atoms with van der Waals surface area (Å²) in [5, 5.41) is 0. The number of alkyl halides is 3. The molecule has 0 aliphatic heterocycles. The Balaban J connectivity index is 1.70. The molecule has 0 heterocycles. The van der Waals surface area contributed by atoms with Gasteiger partial charge < -0.3 is 0 Å². The lowest BCUT2D eigenvalue weighted by Crippen LogP contribution is -2.11. The average Bonchev–Trinajstić information content (AvgIpc) is 2.62. The molecule has 0 saturated heterocycles. The first kappa shape index (κ1) is 10.1. The zero-order valence-electron chi connectivity index (χ0n) is 8.06. The monoisotopic (exact) mass is 204 g/mol. The Morgan fingerprint density at radius 3 is 2.43 bits per heavy atom. The van der Waals surface area contributed by atoms with E-state index in [1.54, 1.807) is 0 Å². The van der Waals surface area contributed by atoms with Crippen molar-refractivity contribution in [1.29, 1.82) is 0 Å². The van der Waals surface area contributed by atoms with Gasteiger partial charge in [0.1, 0.15) is 0 Å². The maximum Gasteiger partial charge on any atom is 0.389 e. The molecule has 1 fully saturated rings. The molecular formula is C11H15F3. The van der Waals surface area contributed by atoms with Gasteiger partial charge in [-0.15, -0.1) is 0 Å². The molecule has 0 radical (unpaired) electrons. The van der Waals surface area contributed by atoms with E-state index in [9.17, 15) is 13.2 Å². The minimum atomic E-state index is -3.96. The van der Waals surface area contributed by atoms with Gasteiger partial charge in [0.05, 0.1) is 0 Å². The highest BCUT2D eigenvalue weighted by molar-refractivity contribution is 5.09. The molecular weight excluding hydrogens is 189 g/mol. The van der Waals surface area contributed by atoms with Gasteiger partial charge in [0, 0.05) is 6.42 Å². The lowest BCUT2D eigenvalue weighted by atomic mass is 9.89. The fourth-order valence-electron chi connectivity index (χ4n) is 2.79. The number of hydrogen-bond acceptors (Lipinski definition) is 0. The number of hydrogen-bond donors (Lipinski definition) is 0. The van der Waals surface area contributed by atoms with E-state index in [4.69, 9.17) is 0 Å². The summed E-state index contributed by atoms with van der Waals surface area (Å²) in [4.78, 5) is 0. The van der Waals surface area contributed by atoms with Gasteiger partial charge in [-0.3, -0.25) is 0 Å². The highest BCUT2D eigenvalue weighted by atomic mass is 19.4. The van der Waals surface area contributed by atoms with Gasteiger partial charge in [0.2, 0.25) is 0 Å². The zero-order valence-corrected chi connectivity index (χ0v) is 8.06. The van der Waals surface area contributed by atoms with Crippen LogP contribution in [0, 0.1) is 17.8 Å². The molecule has 0 N–H and O–H groups in total. The molecule has 80 valence electrons. The predicted octanol–water partition coefficient (Wildman–Crippen LogP) is 3.93. The normalized spacial score (nSPS) is 35.5. The topological polar surface area (TPSA) is 0 Å². The van der Waals surface area contributed by atoms with Gasteiger partial charge >= 0.3 is 6.18 Å². The third-order valence-corrected chi connectivity index (χ3v) is 3.45.